The number of carbonyl (C=O) groups excluding carboxylic acids is 1. The van der Waals surface area contributed by atoms with Crippen molar-refractivity contribution in [3.8, 4) is 11.4 Å². The Morgan fingerprint density at radius 3 is 2.84 bits per heavy atom. The normalized spacial score (nSPS) is 12.2. The lowest BCUT2D eigenvalue weighted by molar-refractivity contribution is -0.121. The van der Waals surface area contributed by atoms with Crippen molar-refractivity contribution in [2.75, 3.05) is 0 Å². The van der Waals surface area contributed by atoms with E-state index in [1.165, 1.54) is 0 Å². The quantitative estimate of drug-likeness (QED) is 0.916. The molecule has 1 heterocycles. The Morgan fingerprint density at radius 1 is 1.42 bits per heavy atom. The molecule has 0 radical (unpaired) electrons. The van der Waals surface area contributed by atoms with Crippen LogP contribution in [0.1, 0.15) is 37.8 Å². The van der Waals surface area contributed by atoms with Crippen molar-refractivity contribution in [2.24, 2.45) is 0 Å². The molecule has 100 valence electrons. The second-order valence-corrected chi connectivity index (χ2v) is 4.41. The Labute approximate surface area is 112 Å². The number of amides is 1. The third-order valence-corrected chi connectivity index (χ3v) is 2.90. The molecular weight excluding hydrogens is 242 g/mol. The number of aryl methyl sites for hydroxylation is 1. The lowest BCUT2D eigenvalue weighted by atomic mass is 10.1. The van der Waals surface area contributed by atoms with Crippen LogP contribution in [0.2, 0.25) is 0 Å². The van der Waals surface area contributed by atoms with Crippen LogP contribution >= 0.6 is 0 Å². The van der Waals surface area contributed by atoms with E-state index in [2.05, 4.69) is 15.5 Å². The summed E-state index contributed by atoms with van der Waals surface area (Å²) in [5.41, 5.74) is 2.02. The SMILES string of the molecule is CCC(=O)N[C@H](C)c1nc(-c2ccccc2C)no1. The number of nitrogens with one attached hydrogen (secondary N) is 1. The van der Waals surface area contributed by atoms with Crippen LogP contribution in [0.4, 0.5) is 0 Å². The molecule has 1 amide bonds. The zero-order chi connectivity index (χ0) is 13.8. The largest absolute Gasteiger partial charge is 0.345 e. The zero-order valence-corrected chi connectivity index (χ0v) is 11.3. The highest BCUT2D eigenvalue weighted by Gasteiger charge is 2.17. The first-order chi connectivity index (χ1) is 9.11. The third kappa shape index (κ3) is 2.99. The van der Waals surface area contributed by atoms with Gasteiger partial charge in [0.2, 0.25) is 17.6 Å². The van der Waals surface area contributed by atoms with E-state index in [0.717, 1.165) is 11.1 Å². The van der Waals surface area contributed by atoms with Crippen LogP contribution in [-0.4, -0.2) is 16.0 Å². The second-order valence-electron chi connectivity index (χ2n) is 4.41. The summed E-state index contributed by atoms with van der Waals surface area (Å²) in [6, 6.07) is 7.55. The summed E-state index contributed by atoms with van der Waals surface area (Å²) in [5, 5.41) is 6.75. The summed E-state index contributed by atoms with van der Waals surface area (Å²) >= 11 is 0. The van der Waals surface area contributed by atoms with Crippen LogP contribution in [0.15, 0.2) is 28.8 Å². The van der Waals surface area contributed by atoms with Crippen molar-refractivity contribution >= 4 is 5.91 Å². The van der Waals surface area contributed by atoms with E-state index in [0.29, 0.717) is 18.1 Å². The average molecular weight is 259 g/mol. The maximum Gasteiger partial charge on any atom is 0.249 e. The van der Waals surface area contributed by atoms with Gasteiger partial charge in [-0.25, -0.2) is 0 Å². The molecule has 2 rings (SSSR count). The summed E-state index contributed by atoms with van der Waals surface area (Å²) in [5.74, 6) is 0.925. The summed E-state index contributed by atoms with van der Waals surface area (Å²) in [7, 11) is 0. The maximum atomic E-state index is 11.3. The van der Waals surface area contributed by atoms with Gasteiger partial charge in [0.1, 0.15) is 6.04 Å². The van der Waals surface area contributed by atoms with Crippen molar-refractivity contribution in [2.45, 2.75) is 33.2 Å². The molecule has 5 nitrogen and oxygen atoms in total. The van der Waals surface area contributed by atoms with Gasteiger partial charge in [-0.3, -0.25) is 4.79 Å². The maximum absolute atomic E-state index is 11.3. The molecule has 0 fully saturated rings. The highest BCUT2D eigenvalue weighted by Crippen LogP contribution is 2.21. The minimum atomic E-state index is -0.280. The number of hydrogen-bond acceptors (Lipinski definition) is 4. The minimum Gasteiger partial charge on any atom is -0.345 e. The van der Waals surface area contributed by atoms with Crippen LogP contribution in [0.3, 0.4) is 0 Å². The summed E-state index contributed by atoms with van der Waals surface area (Å²) in [4.78, 5) is 15.7. The lowest BCUT2D eigenvalue weighted by Gasteiger charge is -2.07. The van der Waals surface area contributed by atoms with Crippen molar-refractivity contribution in [3.63, 3.8) is 0 Å². The zero-order valence-electron chi connectivity index (χ0n) is 11.3. The van der Waals surface area contributed by atoms with Crippen molar-refractivity contribution in [1.29, 1.82) is 0 Å². The van der Waals surface area contributed by atoms with E-state index in [1.807, 2.05) is 38.1 Å². The van der Waals surface area contributed by atoms with Gasteiger partial charge in [-0.1, -0.05) is 36.3 Å². The van der Waals surface area contributed by atoms with Gasteiger partial charge in [0.05, 0.1) is 0 Å². The van der Waals surface area contributed by atoms with Crippen LogP contribution < -0.4 is 5.32 Å². The molecule has 0 unspecified atom stereocenters. The first kappa shape index (κ1) is 13.3. The number of carbonyl (C=O) groups is 1. The number of hydrogen-bond donors (Lipinski definition) is 1. The molecule has 1 atom stereocenters. The van der Waals surface area contributed by atoms with Gasteiger partial charge >= 0.3 is 0 Å². The molecule has 19 heavy (non-hydrogen) atoms. The van der Waals surface area contributed by atoms with E-state index in [4.69, 9.17) is 4.52 Å². The molecule has 0 aliphatic carbocycles. The molecule has 0 saturated heterocycles. The topological polar surface area (TPSA) is 68.0 Å². The number of rotatable bonds is 4. The fourth-order valence-electron chi connectivity index (χ4n) is 1.75. The number of nitrogens with zero attached hydrogens (tertiary/aromatic N) is 2. The average Bonchev–Trinajstić information content (AvgIpc) is 2.88. The minimum absolute atomic E-state index is 0.0388. The first-order valence-electron chi connectivity index (χ1n) is 6.30. The molecule has 0 saturated carbocycles. The smallest absolute Gasteiger partial charge is 0.249 e. The third-order valence-electron chi connectivity index (χ3n) is 2.90. The van der Waals surface area contributed by atoms with Crippen LogP contribution in [-0.2, 0) is 4.79 Å². The van der Waals surface area contributed by atoms with Gasteiger partial charge in [0, 0.05) is 12.0 Å². The molecule has 5 heteroatoms. The highest BCUT2D eigenvalue weighted by molar-refractivity contribution is 5.75. The van der Waals surface area contributed by atoms with Crippen LogP contribution in [0, 0.1) is 6.92 Å². The molecule has 0 aliphatic heterocycles. The van der Waals surface area contributed by atoms with E-state index < -0.39 is 0 Å². The first-order valence-corrected chi connectivity index (χ1v) is 6.30. The molecule has 0 spiro atoms. The Kier molecular flexibility index (Phi) is 3.94. The molecular formula is C14H17N3O2. The monoisotopic (exact) mass is 259 g/mol. The number of aromatic nitrogens is 2. The van der Waals surface area contributed by atoms with Gasteiger partial charge in [-0.05, 0) is 19.4 Å². The van der Waals surface area contributed by atoms with Gasteiger partial charge in [0.15, 0.2) is 0 Å². The molecule has 0 bridgehead atoms. The van der Waals surface area contributed by atoms with E-state index in [9.17, 15) is 4.79 Å². The Morgan fingerprint density at radius 2 is 2.16 bits per heavy atom. The molecule has 1 N–H and O–H groups in total. The second kappa shape index (κ2) is 5.65. The van der Waals surface area contributed by atoms with Gasteiger partial charge in [-0.15, -0.1) is 0 Å². The van der Waals surface area contributed by atoms with Gasteiger partial charge in [-0.2, -0.15) is 4.98 Å². The van der Waals surface area contributed by atoms with E-state index in [-0.39, 0.29) is 11.9 Å². The summed E-state index contributed by atoms with van der Waals surface area (Å²) in [6.45, 7) is 5.62. The van der Waals surface area contributed by atoms with E-state index >= 15 is 0 Å². The van der Waals surface area contributed by atoms with Crippen molar-refractivity contribution in [3.05, 3.63) is 35.7 Å². The van der Waals surface area contributed by atoms with Crippen LogP contribution in [0.5, 0.6) is 0 Å². The fourth-order valence-corrected chi connectivity index (χ4v) is 1.75. The highest BCUT2D eigenvalue weighted by atomic mass is 16.5. The standard InChI is InChI=1S/C14H17N3O2/c1-4-12(18)15-10(3)14-16-13(17-19-14)11-8-6-5-7-9(11)2/h5-8,10H,4H2,1-3H3,(H,15,18)/t10-/m1/s1. The van der Waals surface area contributed by atoms with Crippen LogP contribution in [0.25, 0.3) is 11.4 Å². The van der Waals surface area contributed by atoms with Crippen molar-refractivity contribution in [1.82, 2.24) is 15.5 Å². The van der Waals surface area contributed by atoms with Gasteiger partial charge in [0.25, 0.3) is 0 Å². The lowest BCUT2D eigenvalue weighted by Crippen LogP contribution is -2.25. The van der Waals surface area contributed by atoms with Crippen molar-refractivity contribution < 1.29 is 9.32 Å². The molecule has 0 aliphatic rings. The predicted molar refractivity (Wildman–Crippen MR) is 71.3 cm³/mol. The Hall–Kier alpha value is -2.17. The summed E-state index contributed by atoms with van der Waals surface area (Å²) < 4.78 is 5.21. The molecule has 1 aromatic heterocycles. The predicted octanol–water partition coefficient (Wildman–Crippen LogP) is 2.63. The summed E-state index contributed by atoms with van der Waals surface area (Å²) in [6.07, 6.45) is 0.434. The Balaban J connectivity index is 2.20. The number of benzene rings is 1. The molecule has 2 aromatic rings. The Bertz CT molecular complexity index is 578. The van der Waals surface area contributed by atoms with Gasteiger partial charge < -0.3 is 9.84 Å². The molecule has 1 aromatic carbocycles. The van der Waals surface area contributed by atoms with E-state index in [1.54, 1.807) is 6.92 Å². The fraction of sp³-hybridized carbons (Fsp3) is 0.357.